The van der Waals surface area contributed by atoms with Gasteiger partial charge >= 0.3 is 11.9 Å². The molecular weight excluding hydrogens is 500 g/mol. The molecule has 2 aromatic carbocycles. The van der Waals surface area contributed by atoms with E-state index in [9.17, 15) is 19.8 Å². The number of esters is 2. The number of carbonyl (C=O) groups is 2. The van der Waals surface area contributed by atoms with Gasteiger partial charge in [-0.25, -0.2) is 0 Å². The monoisotopic (exact) mass is 543 g/mol. The maximum atomic E-state index is 11.3. The van der Waals surface area contributed by atoms with Crippen LogP contribution in [0.5, 0.6) is 23.0 Å². The van der Waals surface area contributed by atoms with Crippen molar-refractivity contribution in [2.24, 2.45) is 0 Å². The van der Waals surface area contributed by atoms with Crippen molar-refractivity contribution in [3.8, 4) is 23.0 Å². The minimum Gasteiger partial charge on any atom is -0.508 e. The molecule has 0 saturated carbocycles. The van der Waals surface area contributed by atoms with Gasteiger partial charge in [0.05, 0.1) is 6.61 Å². The zero-order valence-electron chi connectivity index (χ0n) is 24.7. The van der Waals surface area contributed by atoms with Crippen molar-refractivity contribution in [3.63, 3.8) is 0 Å². The van der Waals surface area contributed by atoms with E-state index in [0.717, 1.165) is 57.5 Å². The molecule has 1 heterocycles. The molecule has 1 unspecified atom stereocenters. The van der Waals surface area contributed by atoms with E-state index in [2.05, 4.69) is 13.5 Å². The zero-order valence-corrected chi connectivity index (χ0v) is 24.7. The van der Waals surface area contributed by atoms with E-state index in [1.54, 1.807) is 19.9 Å². The molecule has 1 atom stereocenters. The highest BCUT2D eigenvalue weighted by molar-refractivity contribution is 5.72. The first-order valence-electron chi connectivity index (χ1n) is 12.7. The Morgan fingerprint density at radius 3 is 1.90 bits per heavy atom. The van der Waals surface area contributed by atoms with Crippen molar-refractivity contribution < 1.29 is 39.1 Å². The second-order valence-corrected chi connectivity index (χ2v) is 10.1. The number of rotatable bonds is 4. The van der Waals surface area contributed by atoms with Crippen molar-refractivity contribution in [1.29, 1.82) is 0 Å². The van der Waals surface area contributed by atoms with Gasteiger partial charge in [-0.3, -0.25) is 9.59 Å². The first-order chi connectivity index (χ1) is 18.0. The van der Waals surface area contributed by atoms with E-state index in [-0.39, 0.29) is 30.9 Å². The lowest BCUT2D eigenvalue weighted by Crippen LogP contribution is -2.40. The Bertz CT molecular complexity index is 1230. The number of aliphatic hydroxyl groups excluding tert-OH is 2. The lowest BCUT2D eigenvalue weighted by Gasteiger charge is -2.36. The highest BCUT2D eigenvalue weighted by Gasteiger charge is 2.34. The summed E-state index contributed by atoms with van der Waals surface area (Å²) < 4.78 is 16.4. The molecule has 0 fully saturated rings. The summed E-state index contributed by atoms with van der Waals surface area (Å²) in [5, 5.41) is 27.0. The average molecular weight is 544 g/mol. The third kappa shape index (κ3) is 8.76. The van der Waals surface area contributed by atoms with Gasteiger partial charge in [-0.15, -0.1) is 0 Å². The minimum absolute atomic E-state index is 0. The van der Waals surface area contributed by atoms with Gasteiger partial charge in [-0.2, -0.15) is 0 Å². The average Bonchev–Trinajstić information content (AvgIpc) is 2.87. The van der Waals surface area contributed by atoms with Crippen LogP contribution >= 0.6 is 0 Å². The van der Waals surface area contributed by atoms with E-state index in [4.69, 9.17) is 19.3 Å². The molecule has 8 nitrogen and oxygen atoms in total. The molecule has 8 heteroatoms. The molecule has 0 amide bonds. The summed E-state index contributed by atoms with van der Waals surface area (Å²) in [6.07, 6.45) is 1.56. The van der Waals surface area contributed by atoms with Gasteiger partial charge in [0.1, 0.15) is 40.8 Å². The zero-order chi connectivity index (χ0) is 30.2. The summed E-state index contributed by atoms with van der Waals surface area (Å²) >= 11 is 0. The molecule has 0 aromatic heterocycles. The van der Waals surface area contributed by atoms with Gasteiger partial charge in [0, 0.05) is 32.9 Å². The lowest BCUT2D eigenvalue weighted by molar-refractivity contribution is -0.132. The predicted octanol–water partition coefficient (Wildman–Crippen LogP) is 5.22. The van der Waals surface area contributed by atoms with Gasteiger partial charge < -0.3 is 29.5 Å². The highest BCUT2D eigenvalue weighted by atomic mass is 16.5. The Morgan fingerprint density at radius 1 is 0.949 bits per heavy atom. The number of ether oxygens (including phenoxy) is 3. The van der Waals surface area contributed by atoms with E-state index < -0.39 is 5.60 Å². The SMILES string of the molecule is C=C([CH2+])CO.CC(=O)Oc1c(C)c(C)c2c(c1C)CCC(C)(CO)O2.CC(=O)Oc1c(C)cc(O)c(C)c1C. The first kappa shape index (κ1) is 33.5. The molecule has 0 radical (unpaired) electrons. The molecule has 0 spiro atoms. The molecular formula is C31H43O8+. The Morgan fingerprint density at radius 2 is 1.44 bits per heavy atom. The van der Waals surface area contributed by atoms with Gasteiger partial charge in [-0.1, -0.05) is 0 Å². The normalized spacial score (nSPS) is 15.4. The molecule has 3 rings (SSSR count). The summed E-state index contributed by atoms with van der Waals surface area (Å²) in [4.78, 5) is 22.1. The summed E-state index contributed by atoms with van der Waals surface area (Å²) in [6.45, 7) is 22.6. The predicted molar refractivity (Wildman–Crippen MR) is 152 cm³/mol. The Hall–Kier alpha value is -3.49. The minimum atomic E-state index is -0.528. The number of phenolic OH excluding ortho intramolecular Hbond substituents is 1. The van der Waals surface area contributed by atoms with Crippen LogP contribution in [0.15, 0.2) is 18.2 Å². The fourth-order valence-electron chi connectivity index (χ4n) is 4.03. The molecule has 0 saturated heterocycles. The number of aliphatic hydroxyl groups is 2. The van der Waals surface area contributed by atoms with Crippen LogP contribution in [0.3, 0.4) is 0 Å². The number of hydrogen-bond donors (Lipinski definition) is 3. The number of aryl methyl sites for hydroxylation is 1. The molecule has 0 bridgehead atoms. The third-order valence-electron chi connectivity index (χ3n) is 6.61. The van der Waals surface area contributed by atoms with Crippen molar-refractivity contribution in [2.45, 2.75) is 80.8 Å². The largest absolute Gasteiger partial charge is 0.508 e. The summed E-state index contributed by atoms with van der Waals surface area (Å²) in [5.74, 6) is 1.60. The summed E-state index contributed by atoms with van der Waals surface area (Å²) in [5.41, 5.74) is 6.27. The second-order valence-electron chi connectivity index (χ2n) is 10.1. The lowest BCUT2D eigenvalue weighted by atomic mass is 9.87. The Kier molecular flexibility index (Phi) is 12.1. The second kappa shape index (κ2) is 14.1. The standard InChI is InChI=1S/C16H22O4.C11H14O3.C4H7O/c1-9-10(2)15-13(6-7-16(5,8-17)20-15)11(3)14(9)19-12(4)18;1-6-5-10(13)7(2)8(3)11(6)14-9(4)12;1-4(2)3-5/h17H,6-8H2,1-5H3;5,13H,1-4H3;5H,1-3H2/q;;+1. The molecule has 2 aromatic rings. The van der Waals surface area contributed by atoms with Crippen LogP contribution in [0.1, 0.15) is 66.1 Å². The van der Waals surface area contributed by atoms with Gasteiger partial charge in [0.2, 0.25) is 0 Å². The number of aromatic hydroxyl groups is 1. The maximum Gasteiger partial charge on any atom is 0.308 e. The van der Waals surface area contributed by atoms with Crippen LogP contribution in [-0.4, -0.2) is 46.1 Å². The van der Waals surface area contributed by atoms with Crippen molar-refractivity contribution in [2.75, 3.05) is 13.2 Å². The van der Waals surface area contributed by atoms with E-state index >= 15 is 0 Å². The Labute approximate surface area is 232 Å². The molecule has 39 heavy (non-hydrogen) atoms. The molecule has 1 aliphatic heterocycles. The quantitative estimate of drug-likeness (QED) is 0.272. The van der Waals surface area contributed by atoms with Crippen LogP contribution in [0.2, 0.25) is 0 Å². The Balaban J connectivity index is 0.000000348. The molecule has 214 valence electrons. The summed E-state index contributed by atoms with van der Waals surface area (Å²) in [7, 11) is 0. The van der Waals surface area contributed by atoms with Crippen LogP contribution < -0.4 is 14.2 Å². The number of benzene rings is 2. The number of fused-ring (bicyclic) bond motifs is 1. The highest BCUT2D eigenvalue weighted by Crippen LogP contribution is 2.43. The van der Waals surface area contributed by atoms with E-state index in [1.807, 2.05) is 34.6 Å². The molecule has 3 N–H and O–H groups in total. The fraction of sp³-hybridized carbons (Fsp3) is 0.452. The van der Waals surface area contributed by atoms with Gasteiger partial charge in [0.25, 0.3) is 0 Å². The molecule has 1 aliphatic rings. The van der Waals surface area contributed by atoms with Crippen LogP contribution in [0.25, 0.3) is 0 Å². The summed E-state index contributed by atoms with van der Waals surface area (Å²) in [6, 6.07) is 1.60. The van der Waals surface area contributed by atoms with E-state index in [1.165, 1.54) is 13.8 Å². The fourth-order valence-corrected chi connectivity index (χ4v) is 4.03. The van der Waals surface area contributed by atoms with Crippen molar-refractivity contribution in [3.05, 3.63) is 64.1 Å². The number of phenols is 1. The first-order valence-corrected chi connectivity index (χ1v) is 12.7. The number of hydrogen-bond acceptors (Lipinski definition) is 8. The van der Waals surface area contributed by atoms with Gasteiger partial charge in [0.15, 0.2) is 0 Å². The van der Waals surface area contributed by atoms with E-state index in [0.29, 0.717) is 17.1 Å². The van der Waals surface area contributed by atoms with Crippen LogP contribution in [0.4, 0.5) is 0 Å². The van der Waals surface area contributed by atoms with Crippen LogP contribution in [-0.2, 0) is 16.0 Å². The third-order valence-corrected chi connectivity index (χ3v) is 6.61. The van der Waals surface area contributed by atoms with Crippen molar-refractivity contribution in [1.82, 2.24) is 0 Å². The van der Waals surface area contributed by atoms with Crippen LogP contribution in [0, 0.1) is 48.5 Å². The number of carbonyl (C=O) groups excluding carboxylic acids is 2. The topological polar surface area (TPSA) is 123 Å². The van der Waals surface area contributed by atoms with Gasteiger partial charge in [-0.05, 0) is 101 Å². The maximum absolute atomic E-state index is 11.3. The molecule has 0 aliphatic carbocycles. The van der Waals surface area contributed by atoms with Crippen molar-refractivity contribution >= 4 is 11.9 Å². The smallest absolute Gasteiger partial charge is 0.308 e.